The highest BCUT2D eigenvalue weighted by atomic mass is 16.4. The molecule has 4 rings (SSSR count). The average molecular weight is 390 g/mol. The van der Waals surface area contributed by atoms with Crippen molar-refractivity contribution >= 4 is 17.6 Å². The Morgan fingerprint density at radius 2 is 1.76 bits per heavy atom. The van der Waals surface area contributed by atoms with Crippen LogP contribution < -0.4 is 16.0 Å². The first-order valence-corrected chi connectivity index (χ1v) is 9.59. The number of oxazole rings is 1. The van der Waals surface area contributed by atoms with E-state index in [1.165, 1.54) is 0 Å². The number of rotatable bonds is 7. The molecule has 1 aliphatic rings. The molecular weight excluding hydrogens is 368 g/mol. The molecule has 0 aliphatic heterocycles. The number of anilines is 1. The molecule has 0 bridgehead atoms. The van der Waals surface area contributed by atoms with Crippen molar-refractivity contribution in [2.45, 2.75) is 25.3 Å². The zero-order chi connectivity index (χ0) is 20.1. The van der Waals surface area contributed by atoms with E-state index in [4.69, 9.17) is 4.42 Å². The van der Waals surface area contributed by atoms with E-state index >= 15 is 0 Å². The van der Waals surface area contributed by atoms with Gasteiger partial charge in [0.05, 0.1) is 12.7 Å². The summed E-state index contributed by atoms with van der Waals surface area (Å²) in [6.07, 6.45) is 4.02. The Hall–Kier alpha value is -3.61. The first-order chi connectivity index (χ1) is 14.2. The average Bonchev–Trinajstić information content (AvgIpc) is 3.49. The summed E-state index contributed by atoms with van der Waals surface area (Å²) >= 11 is 0. The fourth-order valence-corrected chi connectivity index (χ4v) is 2.86. The topological polar surface area (TPSA) is 96.3 Å². The van der Waals surface area contributed by atoms with Gasteiger partial charge in [-0.05, 0) is 42.7 Å². The van der Waals surface area contributed by atoms with Gasteiger partial charge in [0, 0.05) is 23.7 Å². The Balaban J connectivity index is 1.22. The number of nitrogens with zero attached hydrogens (tertiary/aromatic N) is 1. The molecule has 3 N–H and O–H groups in total. The molecule has 1 aliphatic carbocycles. The van der Waals surface area contributed by atoms with Crippen molar-refractivity contribution in [1.82, 2.24) is 15.6 Å². The van der Waals surface area contributed by atoms with Gasteiger partial charge in [0.15, 0.2) is 11.7 Å². The maximum absolute atomic E-state index is 12.0. The molecule has 3 aromatic rings. The predicted molar refractivity (Wildman–Crippen MR) is 109 cm³/mol. The quantitative estimate of drug-likeness (QED) is 0.574. The molecule has 29 heavy (non-hydrogen) atoms. The summed E-state index contributed by atoms with van der Waals surface area (Å²) in [7, 11) is 0. The van der Waals surface area contributed by atoms with Gasteiger partial charge in [0.1, 0.15) is 0 Å². The fraction of sp³-hybridized carbons (Fsp3) is 0.227. The number of benzene rings is 2. The van der Waals surface area contributed by atoms with Crippen LogP contribution in [0.4, 0.5) is 10.5 Å². The van der Waals surface area contributed by atoms with E-state index in [-0.39, 0.29) is 12.5 Å². The van der Waals surface area contributed by atoms with Crippen LogP contribution in [0, 0.1) is 0 Å². The van der Waals surface area contributed by atoms with Gasteiger partial charge in [-0.25, -0.2) is 9.78 Å². The summed E-state index contributed by atoms with van der Waals surface area (Å²) in [6, 6.07) is 16.5. The van der Waals surface area contributed by atoms with Crippen LogP contribution in [0.2, 0.25) is 0 Å². The monoisotopic (exact) mass is 390 g/mol. The molecule has 148 valence electrons. The molecule has 1 aromatic heterocycles. The molecule has 1 heterocycles. The van der Waals surface area contributed by atoms with Gasteiger partial charge in [-0.1, -0.05) is 30.3 Å². The zero-order valence-electron chi connectivity index (χ0n) is 15.9. The molecule has 0 radical (unpaired) electrons. The molecule has 0 spiro atoms. The number of carbonyl (C=O) groups is 2. The molecule has 3 amide bonds. The third-order valence-electron chi connectivity index (χ3n) is 4.61. The Labute approximate surface area is 168 Å². The third-order valence-corrected chi connectivity index (χ3v) is 4.61. The Bertz CT molecular complexity index is 979. The fourth-order valence-electron chi connectivity index (χ4n) is 2.86. The minimum atomic E-state index is -0.392. The van der Waals surface area contributed by atoms with E-state index in [0.29, 0.717) is 18.2 Å². The van der Waals surface area contributed by atoms with E-state index in [2.05, 4.69) is 20.9 Å². The van der Waals surface area contributed by atoms with Crippen LogP contribution in [-0.4, -0.2) is 23.5 Å². The lowest BCUT2D eigenvalue weighted by molar-refractivity contribution is -0.115. The van der Waals surface area contributed by atoms with E-state index in [1.807, 2.05) is 42.5 Å². The number of hydrogen-bond donors (Lipinski definition) is 3. The van der Waals surface area contributed by atoms with Crippen LogP contribution >= 0.6 is 0 Å². The van der Waals surface area contributed by atoms with Gasteiger partial charge in [-0.3, -0.25) is 4.79 Å². The van der Waals surface area contributed by atoms with Crippen LogP contribution in [-0.2, 0) is 11.3 Å². The maximum atomic E-state index is 12.0. The van der Waals surface area contributed by atoms with E-state index < -0.39 is 6.03 Å². The molecule has 0 unspecified atom stereocenters. The van der Waals surface area contributed by atoms with Gasteiger partial charge in [0.2, 0.25) is 5.91 Å². The van der Waals surface area contributed by atoms with Gasteiger partial charge < -0.3 is 20.4 Å². The second-order valence-corrected chi connectivity index (χ2v) is 6.98. The number of urea groups is 1. The first kappa shape index (κ1) is 18.7. The van der Waals surface area contributed by atoms with Crippen molar-refractivity contribution in [3.05, 3.63) is 72.2 Å². The van der Waals surface area contributed by atoms with Gasteiger partial charge in [-0.15, -0.1) is 0 Å². The maximum Gasteiger partial charge on any atom is 0.315 e. The highest BCUT2D eigenvalue weighted by molar-refractivity contribution is 5.94. The lowest BCUT2D eigenvalue weighted by atomic mass is 10.2. The summed E-state index contributed by atoms with van der Waals surface area (Å²) in [5, 5.41) is 8.01. The molecule has 1 fully saturated rings. The summed E-state index contributed by atoms with van der Waals surface area (Å²) in [6.45, 7) is 0.287. The Morgan fingerprint density at radius 3 is 2.48 bits per heavy atom. The molecule has 0 atom stereocenters. The molecule has 7 heteroatoms. The van der Waals surface area contributed by atoms with Crippen LogP contribution in [0.1, 0.15) is 30.2 Å². The summed E-state index contributed by atoms with van der Waals surface area (Å²) in [4.78, 5) is 28.2. The smallest absolute Gasteiger partial charge is 0.315 e. The van der Waals surface area contributed by atoms with E-state index in [0.717, 1.165) is 35.6 Å². The number of hydrogen-bond acceptors (Lipinski definition) is 4. The van der Waals surface area contributed by atoms with Crippen molar-refractivity contribution in [3.63, 3.8) is 0 Å². The predicted octanol–water partition coefficient (Wildman–Crippen LogP) is 3.66. The molecule has 2 aromatic carbocycles. The van der Waals surface area contributed by atoms with Crippen molar-refractivity contribution in [2.24, 2.45) is 0 Å². The second-order valence-electron chi connectivity index (χ2n) is 6.98. The van der Waals surface area contributed by atoms with Crippen LogP contribution in [0.3, 0.4) is 0 Å². The van der Waals surface area contributed by atoms with Crippen LogP contribution in [0.25, 0.3) is 11.3 Å². The number of amides is 3. The van der Waals surface area contributed by atoms with E-state index in [1.54, 1.807) is 18.3 Å². The van der Waals surface area contributed by atoms with Crippen molar-refractivity contribution in [2.75, 3.05) is 11.9 Å². The highest BCUT2D eigenvalue weighted by Crippen LogP contribution is 2.40. The summed E-state index contributed by atoms with van der Waals surface area (Å²) in [5.41, 5.74) is 2.54. The lowest BCUT2D eigenvalue weighted by Crippen LogP contribution is -2.39. The van der Waals surface area contributed by atoms with Crippen molar-refractivity contribution in [1.29, 1.82) is 0 Å². The largest absolute Gasteiger partial charge is 0.440 e. The number of aromatic nitrogens is 1. The van der Waals surface area contributed by atoms with Gasteiger partial charge in [0.25, 0.3) is 0 Å². The SMILES string of the molecule is O=C(CNC(=O)NCc1ccccc1)Nc1ccc(-c2cnc(C3CC3)o2)cc1. The van der Waals surface area contributed by atoms with Crippen LogP contribution in [0.15, 0.2) is 65.2 Å². The van der Waals surface area contributed by atoms with Crippen LogP contribution in [0.5, 0.6) is 0 Å². The molecule has 1 saturated carbocycles. The molecule has 7 nitrogen and oxygen atoms in total. The minimum Gasteiger partial charge on any atom is -0.440 e. The number of carbonyl (C=O) groups excluding carboxylic acids is 2. The summed E-state index contributed by atoms with van der Waals surface area (Å²) < 4.78 is 5.78. The standard InChI is InChI=1S/C22H22N4O3/c27-20(14-25-22(28)24-12-15-4-2-1-3-5-15)26-18-10-8-16(9-11-18)19-13-23-21(29-19)17-6-7-17/h1-5,8-11,13,17H,6-7,12,14H2,(H,26,27)(H2,24,25,28). The Kier molecular flexibility index (Phi) is 5.56. The normalized spacial score (nSPS) is 13.0. The van der Waals surface area contributed by atoms with Gasteiger partial charge >= 0.3 is 6.03 Å². The van der Waals surface area contributed by atoms with Gasteiger partial charge in [-0.2, -0.15) is 0 Å². The first-order valence-electron chi connectivity index (χ1n) is 9.59. The second kappa shape index (κ2) is 8.60. The van der Waals surface area contributed by atoms with Crippen molar-refractivity contribution < 1.29 is 14.0 Å². The highest BCUT2D eigenvalue weighted by Gasteiger charge is 2.28. The number of nitrogens with one attached hydrogen (secondary N) is 3. The third kappa shape index (κ3) is 5.22. The summed E-state index contributed by atoms with van der Waals surface area (Å²) in [5.74, 6) is 1.69. The molecule has 0 saturated heterocycles. The van der Waals surface area contributed by atoms with E-state index in [9.17, 15) is 9.59 Å². The zero-order valence-corrected chi connectivity index (χ0v) is 15.9. The molecular formula is C22H22N4O3. The minimum absolute atomic E-state index is 0.116. The Morgan fingerprint density at radius 1 is 1.00 bits per heavy atom. The lowest BCUT2D eigenvalue weighted by Gasteiger charge is -2.09. The van der Waals surface area contributed by atoms with Crippen molar-refractivity contribution in [3.8, 4) is 11.3 Å².